The van der Waals surface area contributed by atoms with Crippen LogP contribution in [0.4, 0.5) is 0 Å². The van der Waals surface area contributed by atoms with Gasteiger partial charge < -0.3 is 18.8 Å². The molecule has 7 nitrogen and oxygen atoms in total. The molecule has 27 heavy (non-hydrogen) atoms. The van der Waals surface area contributed by atoms with Gasteiger partial charge in [-0.1, -0.05) is 12.1 Å². The quantitative estimate of drug-likeness (QED) is 0.670. The zero-order valence-electron chi connectivity index (χ0n) is 15.3. The van der Waals surface area contributed by atoms with Gasteiger partial charge in [0, 0.05) is 31.8 Å². The van der Waals surface area contributed by atoms with Crippen molar-refractivity contribution in [3.63, 3.8) is 0 Å². The van der Waals surface area contributed by atoms with E-state index in [1.54, 1.807) is 23.0 Å². The molecule has 1 amide bonds. The molecule has 140 valence electrons. The molecule has 1 aliphatic rings. The van der Waals surface area contributed by atoms with Gasteiger partial charge in [-0.25, -0.2) is 0 Å². The first-order valence-electron chi connectivity index (χ1n) is 8.77. The van der Waals surface area contributed by atoms with E-state index in [4.69, 9.17) is 13.9 Å². The van der Waals surface area contributed by atoms with Crippen molar-refractivity contribution in [3.8, 4) is 17.0 Å². The Morgan fingerprint density at radius 2 is 2.15 bits per heavy atom. The van der Waals surface area contributed by atoms with E-state index in [9.17, 15) is 4.79 Å². The molecule has 2 aromatic heterocycles. The summed E-state index contributed by atoms with van der Waals surface area (Å²) < 4.78 is 18.2. The molecular formula is C20H21N3O4. The number of nitrogens with zero attached hydrogens (tertiary/aromatic N) is 3. The Bertz CT molecular complexity index is 946. The maximum absolute atomic E-state index is 13.3. The van der Waals surface area contributed by atoms with Gasteiger partial charge >= 0.3 is 0 Å². The molecule has 0 aliphatic carbocycles. The van der Waals surface area contributed by atoms with Gasteiger partial charge in [-0.15, -0.1) is 0 Å². The van der Waals surface area contributed by atoms with Gasteiger partial charge in [-0.05, 0) is 24.3 Å². The number of furan rings is 1. The number of methoxy groups -OCH3 is 1. The summed E-state index contributed by atoms with van der Waals surface area (Å²) >= 11 is 0. The van der Waals surface area contributed by atoms with Crippen molar-refractivity contribution >= 4 is 5.91 Å². The van der Waals surface area contributed by atoms with E-state index < -0.39 is 0 Å². The summed E-state index contributed by atoms with van der Waals surface area (Å²) in [5.74, 6) is 1.35. The molecular weight excluding hydrogens is 346 g/mol. The van der Waals surface area contributed by atoms with Gasteiger partial charge in [0.25, 0.3) is 5.91 Å². The third-order valence-electron chi connectivity index (χ3n) is 4.64. The average Bonchev–Trinajstić information content (AvgIpc) is 3.32. The number of para-hydroxylation sites is 1. The van der Waals surface area contributed by atoms with Gasteiger partial charge in [0.2, 0.25) is 0 Å². The highest BCUT2D eigenvalue weighted by atomic mass is 16.5. The van der Waals surface area contributed by atoms with Crippen molar-refractivity contribution in [2.24, 2.45) is 7.05 Å². The fourth-order valence-corrected chi connectivity index (χ4v) is 3.35. The van der Waals surface area contributed by atoms with Crippen LogP contribution in [0.25, 0.3) is 11.3 Å². The number of fused-ring (bicyclic) bond motifs is 3. The Labute approximate surface area is 157 Å². The fourth-order valence-electron chi connectivity index (χ4n) is 3.35. The normalized spacial score (nSPS) is 12.2. The van der Waals surface area contributed by atoms with Gasteiger partial charge in [-0.2, -0.15) is 5.10 Å². The van der Waals surface area contributed by atoms with E-state index in [0.717, 1.165) is 22.6 Å². The first-order valence-corrected chi connectivity index (χ1v) is 8.77. The summed E-state index contributed by atoms with van der Waals surface area (Å²) in [7, 11) is 3.46. The Kier molecular flexibility index (Phi) is 4.68. The lowest BCUT2D eigenvalue weighted by Gasteiger charge is -2.22. The third-order valence-corrected chi connectivity index (χ3v) is 4.64. The van der Waals surface area contributed by atoms with E-state index in [2.05, 4.69) is 5.10 Å². The molecule has 7 heteroatoms. The Morgan fingerprint density at radius 3 is 2.93 bits per heavy atom. The molecule has 0 bridgehead atoms. The number of amides is 1. The summed E-state index contributed by atoms with van der Waals surface area (Å²) in [5.41, 5.74) is 3.08. The monoisotopic (exact) mass is 367 g/mol. The Morgan fingerprint density at radius 1 is 1.30 bits per heavy atom. The third kappa shape index (κ3) is 3.21. The highest BCUT2D eigenvalue weighted by Gasteiger charge is 2.30. The lowest BCUT2D eigenvalue weighted by molar-refractivity contribution is 0.0657. The maximum atomic E-state index is 13.3. The molecule has 1 aromatic carbocycles. The van der Waals surface area contributed by atoms with Crippen molar-refractivity contribution < 1.29 is 18.7 Å². The molecule has 0 saturated carbocycles. The summed E-state index contributed by atoms with van der Waals surface area (Å²) in [4.78, 5) is 15.0. The van der Waals surface area contributed by atoms with Gasteiger partial charge in [-0.3, -0.25) is 9.48 Å². The first kappa shape index (κ1) is 17.4. The van der Waals surface area contributed by atoms with Crippen molar-refractivity contribution in [3.05, 3.63) is 59.7 Å². The first-order chi connectivity index (χ1) is 13.2. The minimum absolute atomic E-state index is 0.164. The molecule has 4 rings (SSSR count). The second kappa shape index (κ2) is 7.28. The number of carbonyl (C=O) groups is 1. The molecule has 3 aromatic rings. The standard InChI is InChI=1S/C20H21N3O4/c1-22-19-15-7-3-4-8-17(15)27-13-16(19)18(21-22)20(24)23(9-11-25-2)12-14-6-5-10-26-14/h3-8,10H,9,11-13H2,1-2H3. The lowest BCUT2D eigenvalue weighted by Crippen LogP contribution is -2.34. The van der Waals surface area contributed by atoms with Crippen LogP contribution in [0.5, 0.6) is 5.75 Å². The summed E-state index contributed by atoms with van der Waals surface area (Å²) in [6.07, 6.45) is 1.60. The predicted octanol–water partition coefficient (Wildman–Crippen LogP) is 2.86. The summed E-state index contributed by atoms with van der Waals surface area (Å²) in [5, 5.41) is 4.52. The molecule has 0 atom stereocenters. The maximum Gasteiger partial charge on any atom is 0.275 e. The van der Waals surface area contributed by atoms with E-state index in [-0.39, 0.29) is 5.91 Å². The van der Waals surface area contributed by atoms with E-state index in [0.29, 0.717) is 37.8 Å². The second-order valence-corrected chi connectivity index (χ2v) is 6.38. The van der Waals surface area contributed by atoms with Crippen LogP contribution in [0.3, 0.4) is 0 Å². The van der Waals surface area contributed by atoms with Crippen molar-refractivity contribution in [1.29, 1.82) is 0 Å². The predicted molar refractivity (Wildman–Crippen MR) is 98.3 cm³/mol. The highest BCUT2D eigenvalue weighted by molar-refractivity contribution is 5.96. The minimum atomic E-state index is -0.164. The van der Waals surface area contributed by atoms with Crippen LogP contribution in [-0.4, -0.2) is 40.8 Å². The van der Waals surface area contributed by atoms with E-state index in [1.165, 1.54) is 0 Å². The smallest absolute Gasteiger partial charge is 0.275 e. The Balaban J connectivity index is 1.69. The van der Waals surface area contributed by atoms with Crippen LogP contribution in [0.2, 0.25) is 0 Å². The summed E-state index contributed by atoms with van der Waals surface area (Å²) in [6, 6.07) is 11.4. The van der Waals surface area contributed by atoms with E-state index in [1.807, 2.05) is 43.4 Å². The zero-order chi connectivity index (χ0) is 18.8. The van der Waals surface area contributed by atoms with Crippen LogP contribution < -0.4 is 4.74 Å². The second-order valence-electron chi connectivity index (χ2n) is 6.38. The van der Waals surface area contributed by atoms with Gasteiger partial charge in [0.1, 0.15) is 18.1 Å². The van der Waals surface area contributed by atoms with Crippen LogP contribution in [0.1, 0.15) is 21.8 Å². The average molecular weight is 367 g/mol. The van der Waals surface area contributed by atoms with Crippen molar-refractivity contribution in [2.75, 3.05) is 20.3 Å². The number of ether oxygens (including phenoxy) is 2. The lowest BCUT2D eigenvalue weighted by atomic mass is 10.0. The SMILES string of the molecule is COCCN(Cc1ccco1)C(=O)c1nn(C)c2c1COc1ccccc1-2. The molecule has 0 N–H and O–H groups in total. The molecule has 0 fully saturated rings. The Hall–Kier alpha value is -3.06. The molecule has 0 unspecified atom stereocenters. The van der Waals surface area contributed by atoms with Crippen molar-refractivity contribution in [2.45, 2.75) is 13.2 Å². The minimum Gasteiger partial charge on any atom is -0.488 e. The topological polar surface area (TPSA) is 69.7 Å². The number of hydrogen-bond donors (Lipinski definition) is 0. The largest absolute Gasteiger partial charge is 0.488 e. The number of carbonyl (C=O) groups excluding carboxylic acids is 1. The van der Waals surface area contributed by atoms with Crippen LogP contribution in [-0.2, 0) is 24.9 Å². The van der Waals surface area contributed by atoms with E-state index >= 15 is 0 Å². The fraction of sp³-hybridized carbons (Fsp3) is 0.300. The number of aromatic nitrogens is 2. The molecule has 0 radical (unpaired) electrons. The molecule has 1 aliphatic heterocycles. The van der Waals surface area contributed by atoms with Crippen LogP contribution in [0.15, 0.2) is 47.1 Å². The van der Waals surface area contributed by atoms with Crippen LogP contribution >= 0.6 is 0 Å². The number of aryl methyl sites for hydroxylation is 1. The number of benzene rings is 1. The summed E-state index contributed by atoms with van der Waals surface area (Å²) in [6.45, 7) is 1.55. The number of rotatable bonds is 6. The number of hydrogen-bond acceptors (Lipinski definition) is 5. The molecule has 3 heterocycles. The highest BCUT2D eigenvalue weighted by Crippen LogP contribution is 2.38. The zero-order valence-corrected chi connectivity index (χ0v) is 15.3. The van der Waals surface area contributed by atoms with Crippen molar-refractivity contribution in [1.82, 2.24) is 14.7 Å². The van der Waals surface area contributed by atoms with Gasteiger partial charge in [0.05, 0.1) is 25.1 Å². The van der Waals surface area contributed by atoms with Gasteiger partial charge in [0.15, 0.2) is 5.69 Å². The van der Waals surface area contributed by atoms with Crippen LogP contribution in [0, 0.1) is 0 Å². The molecule has 0 saturated heterocycles. The molecule has 0 spiro atoms.